The smallest absolute Gasteiger partial charge is 0.281 e. The highest BCUT2D eigenvalue weighted by molar-refractivity contribution is 5.94. The van der Waals surface area contributed by atoms with Crippen LogP contribution in [0.2, 0.25) is 0 Å². The van der Waals surface area contributed by atoms with Gasteiger partial charge in [-0.15, -0.1) is 0 Å². The number of nitrogens with one attached hydrogen (secondary N) is 1. The van der Waals surface area contributed by atoms with E-state index in [1.165, 1.54) is 4.52 Å². The van der Waals surface area contributed by atoms with Crippen LogP contribution in [0.25, 0.3) is 50.1 Å². The summed E-state index contributed by atoms with van der Waals surface area (Å²) in [6.07, 6.45) is 2.37. The number of aromatic amines is 1. The summed E-state index contributed by atoms with van der Waals surface area (Å²) >= 11 is 0. The first-order chi connectivity index (χ1) is 16.7. The van der Waals surface area contributed by atoms with E-state index in [9.17, 15) is 9.59 Å². The number of aldehydes is 1. The minimum absolute atomic E-state index is 0.101. The lowest BCUT2D eigenvalue weighted by Crippen LogP contribution is -2.20. The number of benzene rings is 3. The third-order valence-electron chi connectivity index (χ3n) is 5.94. The van der Waals surface area contributed by atoms with Crippen LogP contribution in [-0.2, 0) is 0 Å². The molecule has 3 heterocycles. The van der Waals surface area contributed by atoms with Crippen molar-refractivity contribution < 1.29 is 4.79 Å². The number of H-pyrrole nitrogens is 1. The predicted molar refractivity (Wildman–Crippen MR) is 133 cm³/mol. The fourth-order valence-electron chi connectivity index (χ4n) is 4.37. The number of carbonyl (C=O) groups is 1. The minimum atomic E-state index is -0.338. The number of hydrogen-bond acceptors (Lipinski definition) is 4. The highest BCUT2D eigenvalue weighted by Gasteiger charge is 2.22. The van der Waals surface area contributed by atoms with Crippen LogP contribution in [0.1, 0.15) is 10.5 Å². The van der Waals surface area contributed by atoms with Gasteiger partial charge in [-0.05, 0) is 29.3 Å². The Morgan fingerprint density at radius 3 is 2.24 bits per heavy atom. The van der Waals surface area contributed by atoms with Gasteiger partial charge in [-0.3, -0.25) is 19.7 Å². The molecule has 3 aromatic carbocycles. The van der Waals surface area contributed by atoms with Crippen LogP contribution in [0, 0.1) is 0 Å². The van der Waals surface area contributed by atoms with E-state index in [1.54, 1.807) is 12.3 Å². The maximum absolute atomic E-state index is 13.8. The van der Waals surface area contributed by atoms with E-state index < -0.39 is 0 Å². The monoisotopic (exact) mass is 442 g/mol. The molecule has 0 spiro atoms. The van der Waals surface area contributed by atoms with Crippen LogP contribution in [0.4, 0.5) is 0 Å². The topological polar surface area (TPSA) is 80.1 Å². The van der Waals surface area contributed by atoms with Gasteiger partial charge in [0.05, 0.1) is 22.3 Å². The molecular formula is C28H18N4O2. The molecule has 0 aliphatic carbocycles. The largest absolute Gasteiger partial charge is 0.296 e. The zero-order valence-corrected chi connectivity index (χ0v) is 18.0. The summed E-state index contributed by atoms with van der Waals surface area (Å²) in [7, 11) is 0. The Labute approximate surface area is 194 Å². The second kappa shape index (κ2) is 7.94. The third-order valence-corrected chi connectivity index (χ3v) is 5.94. The molecule has 0 saturated carbocycles. The number of fused-ring (bicyclic) bond motifs is 2. The lowest BCUT2D eigenvalue weighted by atomic mass is 10.0. The van der Waals surface area contributed by atoms with Gasteiger partial charge in [-0.25, -0.2) is 4.98 Å². The molecule has 0 amide bonds. The summed E-state index contributed by atoms with van der Waals surface area (Å²) in [5, 5.41) is 4.14. The molecular weight excluding hydrogens is 424 g/mol. The van der Waals surface area contributed by atoms with Crippen molar-refractivity contribution >= 4 is 22.8 Å². The van der Waals surface area contributed by atoms with Crippen molar-refractivity contribution in [1.82, 2.24) is 19.6 Å². The molecule has 6 aromatic rings. The summed E-state index contributed by atoms with van der Waals surface area (Å²) in [5.74, 6) is 0. The molecule has 3 aromatic heterocycles. The summed E-state index contributed by atoms with van der Waals surface area (Å²) in [6.45, 7) is 0. The first-order valence-electron chi connectivity index (χ1n) is 10.8. The van der Waals surface area contributed by atoms with E-state index >= 15 is 0 Å². The van der Waals surface area contributed by atoms with E-state index in [2.05, 4.69) is 15.1 Å². The Kier molecular flexibility index (Phi) is 4.63. The van der Waals surface area contributed by atoms with Gasteiger partial charge < -0.3 is 0 Å². The van der Waals surface area contributed by atoms with Gasteiger partial charge in [-0.1, -0.05) is 72.8 Å². The van der Waals surface area contributed by atoms with Crippen molar-refractivity contribution in [1.29, 1.82) is 0 Å². The first kappa shape index (κ1) is 19.8. The number of hydrogen-bond donors (Lipinski definition) is 1. The summed E-state index contributed by atoms with van der Waals surface area (Å²) in [5.41, 5.74) is 5.18. The standard InChI is InChI=1S/C28H18N4O2/c33-17-23-24(21-13-14-22-20(16-21)12-7-15-29-22)28(34)32-27(30-23)25(18-8-3-1-4-9-18)26(31-32)19-10-5-2-6-11-19/h1-17,31H. The van der Waals surface area contributed by atoms with Crippen molar-refractivity contribution in [3.8, 4) is 33.5 Å². The molecule has 6 heteroatoms. The van der Waals surface area contributed by atoms with E-state index in [-0.39, 0.29) is 16.8 Å². The molecule has 0 saturated heterocycles. The van der Waals surface area contributed by atoms with E-state index in [1.807, 2.05) is 84.9 Å². The van der Waals surface area contributed by atoms with Gasteiger partial charge in [0.1, 0.15) is 5.69 Å². The molecule has 0 atom stereocenters. The maximum Gasteiger partial charge on any atom is 0.281 e. The van der Waals surface area contributed by atoms with Gasteiger partial charge in [0.2, 0.25) is 0 Å². The average Bonchev–Trinajstić information content (AvgIpc) is 3.29. The summed E-state index contributed by atoms with van der Waals surface area (Å²) in [6, 6.07) is 28.8. The lowest BCUT2D eigenvalue weighted by Gasteiger charge is -2.07. The molecule has 0 radical (unpaired) electrons. The predicted octanol–water partition coefficient (Wildman–Crippen LogP) is 5.38. The zero-order chi connectivity index (χ0) is 23.1. The molecule has 6 rings (SSSR count). The summed E-state index contributed by atoms with van der Waals surface area (Å²) in [4.78, 5) is 35.0. The highest BCUT2D eigenvalue weighted by Crippen LogP contribution is 2.34. The van der Waals surface area contributed by atoms with E-state index in [4.69, 9.17) is 0 Å². The Morgan fingerprint density at radius 2 is 1.50 bits per heavy atom. The minimum Gasteiger partial charge on any atom is -0.296 e. The van der Waals surface area contributed by atoms with Crippen LogP contribution < -0.4 is 5.56 Å². The van der Waals surface area contributed by atoms with Gasteiger partial charge >= 0.3 is 0 Å². The van der Waals surface area contributed by atoms with Crippen molar-refractivity contribution in [3.05, 3.63) is 113 Å². The van der Waals surface area contributed by atoms with Gasteiger partial charge in [0.25, 0.3) is 5.56 Å². The Morgan fingerprint density at radius 1 is 0.765 bits per heavy atom. The molecule has 0 fully saturated rings. The molecule has 0 aliphatic rings. The second-order valence-electron chi connectivity index (χ2n) is 7.96. The third kappa shape index (κ3) is 3.12. The van der Waals surface area contributed by atoms with Crippen LogP contribution in [-0.4, -0.2) is 25.9 Å². The van der Waals surface area contributed by atoms with Crippen molar-refractivity contribution in [2.24, 2.45) is 0 Å². The zero-order valence-electron chi connectivity index (χ0n) is 18.0. The van der Waals surface area contributed by atoms with Crippen molar-refractivity contribution in [2.45, 2.75) is 0 Å². The van der Waals surface area contributed by atoms with Gasteiger partial charge in [0.15, 0.2) is 11.9 Å². The first-order valence-corrected chi connectivity index (χ1v) is 10.8. The number of rotatable bonds is 4. The van der Waals surface area contributed by atoms with Crippen LogP contribution in [0.5, 0.6) is 0 Å². The Balaban J connectivity index is 1.69. The number of nitrogens with zero attached hydrogens (tertiary/aromatic N) is 3. The fraction of sp³-hybridized carbons (Fsp3) is 0. The average molecular weight is 442 g/mol. The molecule has 0 aliphatic heterocycles. The van der Waals surface area contributed by atoms with Crippen LogP contribution in [0.15, 0.2) is 102 Å². The van der Waals surface area contributed by atoms with Crippen LogP contribution >= 0.6 is 0 Å². The fourth-order valence-corrected chi connectivity index (χ4v) is 4.37. The molecule has 6 nitrogen and oxygen atoms in total. The molecule has 0 unspecified atom stereocenters. The SMILES string of the molecule is O=Cc1nc2c(-c3ccccc3)c(-c3ccccc3)[nH]n2c(=O)c1-c1ccc2ncccc2c1. The number of carbonyl (C=O) groups excluding carboxylic acids is 1. The normalized spacial score (nSPS) is 11.2. The van der Waals surface area contributed by atoms with Gasteiger partial charge in [-0.2, -0.15) is 4.52 Å². The Bertz CT molecular complexity index is 1740. The summed E-state index contributed by atoms with van der Waals surface area (Å²) < 4.78 is 1.43. The quantitative estimate of drug-likeness (QED) is 0.372. The van der Waals surface area contributed by atoms with Crippen molar-refractivity contribution in [2.75, 3.05) is 0 Å². The molecule has 34 heavy (non-hydrogen) atoms. The second-order valence-corrected chi connectivity index (χ2v) is 7.96. The number of pyridine rings is 1. The van der Waals surface area contributed by atoms with Gasteiger partial charge in [0, 0.05) is 17.1 Å². The lowest BCUT2D eigenvalue weighted by molar-refractivity contribution is 0.111. The molecule has 0 bridgehead atoms. The van der Waals surface area contributed by atoms with Crippen molar-refractivity contribution in [3.63, 3.8) is 0 Å². The van der Waals surface area contributed by atoms with E-state index in [0.29, 0.717) is 17.5 Å². The van der Waals surface area contributed by atoms with Crippen LogP contribution in [0.3, 0.4) is 0 Å². The Hall–Kier alpha value is -4.84. The number of aromatic nitrogens is 4. The maximum atomic E-state index is 13.8. The molecule has 162 valence electrons. The van der Waals surface area contributed by atoms with E-state index in [0.717, 1.165) is 33.3 Å². The molecule has 1 N–H and O–H groups in total. The highest BCUT2D eigenvalue weighted by atomic mass is 16.1.